The Hall–Kier alpha value is -1.62. The molecule has 5 heteroatoms. The van der Waals surface area contributed by atoms with Crippen molar-refractivity contribution in [1.82, 2.24) is 14.6 Å². The number of aromatic nitrogens is 3. The van der Waals surface area contributed by atoms with Gasteiger partial charge in [0.1, 0.15) is 0 Å². The van der Waals surface area contributed by atoms with Crippen LogP contribution in [-0.2, 0) is 4.74 Å². The van der Waals surface area contributed by atoms with Gasteiger partial charge in [0.2, 0.25) is 0 Å². The Kier molecular flexibility index (Phi) is 2.48. The first-order valence-corrected chi connectivity index (χ1v) is 7.01. The van der Waals surface area contributed by atoms with Crippen molar-refractivity contribution >= 4 is 11.3 Å². The minimum atomic E-state index is 0.666. The van der Waals surface area contributed by atoms with Gasteiger partial charge >= 0.3 is 0 Å². The Labute approximate surface area is 112 Å². The van der Waals surface area contributed by atoms with Crippen LogP contribution in [0, 0.1) is 6.92 Å². The Balaban J connectivity index is 1.82. The molecule has 0 amide bonds. The van der Waals surface area contributed by atoms with Gasteiger partial charge in [0.25, 0.3) is 0 Å². The second-order valence-electron chi connectivity index (χ2n) is 5.48. The van der Waals surface area contributed by atoms with E-state index < -0.39 is 0 Å². The zero-order valence-electron chi connectivity index (χ0n) is 11.2. The fourth-order valence-corrected chi connectivity index (χ4v) is 2.71. The molecule has 0 bridgehead atoms. The van der Waals surface area contributed by atoms with Crippen LogP contribution in [0.3, 0.4) is 0 Å². The van der Waals surface area contributed by atoms with Crippen molar-refractivity contribution in [1.29, 1.82) is 0 Å². The smallest absolute Gasteiger partial charge is 0.177 e. The maximum Gasteiger partial charge on any atom is 0.177 e. The minimum absolute atomic E-state index is 0.666. The van der Waals surface area contributed by atoms with E-state index in [9.17, 15) is 0 Å². The van der Waals surface area contributed by atoms with E-state index in [1.807, 2.05) is 11.4 Å². The van der Waals surface area contributed by atoms with Crippen molar-refractivity contribution in [2.24, 2.45) is 0 Å². The van der Waals surface area contributed by atoms with Gasteiger partial charge < -0.3 is 9.64 Å². The lowest BCUT2D eigenvalue weighted by Crippen LogP contribution is -2.36. The monoisotopic (exact) mass is 258 g/mol. The number of imidazole rings is 1. The highest BCUT2D eigenvalue weighted by Crippen LogP contribution is 2.40. The average Bonchev–Trinajstić information content (AvgIpc) is 3.19. The summed E-state index contributed by atoms with van der Waals surface area (Å²) in [5, 5.41) is 4.56. The molecule has 3 heterocycles. The van der Waals surface area contributed by atoms with Crippen LogP contribution in [-0.4, -0.2) is 40.9 Å². The number of aryl methyl sites for hydroxylation is 1. The van der Waals surface area contributed by atoms with E-state index in [0.29, 0.717) is 5.92 Å². The van der Waals surface area contributed by atoms with Crippen LogP contribution in [0.15, 0.2) is 12.3 Å². The molecule has 1 aliphatic carbocycles. The number of fused-ring (bicyclic) bond motifs is 1. The second-order valence-corrected chi connectivity index (χ2v) is 5.48. The summed E-state index contributed by atoms with van der Waals surface area (Å²) >= 11 is 0. The van der Waals surface area contributed by atoms with Crippen LogP contribution in [0.5, 0.6) is 0 Å². The fourth-order valence-electron chi connectivity index (χ4n) is 2.71. The van der Waals surface area contributed by atoms with Crippen LogP contribution in [0.1, 0.15) is 30.1 Å². The van der Waals surface area contributed by atoms with Crippen molar-refractivity contribution in [3.8, 4) is 0 Å². The van der Waals surface area contributed by atoms with Gasteiger partial charge in [-0.05, 0) is 25.8 Å². The maximum atomic E-state index is 5.43. The summed E-state index contributed by atoms with van der Waals surface area (Å²) in [6.07, 6.45) is 4.65. The summed E-state index contributed by atoms with van der Waals surface area (Å²) in [4.78, 5) is 7.17. The van der Waals surface area contributed by atoms with Crippen LogP contribution in [0.2, 0.25) is 0 Å². The highest BCUT2D eigenvalue weighted by molar-refractivity contribution is 5.69. The molecule has 1 aliphatic heterocycles. The van der Waals surface area contributed by atoms with Crippen molar-refractivity contribution in [3.63, 3.8) is 0 Å². The molecule has 19 heavy (non-hydrogen) atoms. The number of hydrogen-bond acceptors (Lipinski definition) is 4. The van der Waals surface area contributed by atoms with E-state index >= 15 is 0 Å². The average molecular weight is 258 g/mol. The van der Waals surface area contributed by atoms with Crippen molar-refractivity contribution < 1.29 is 4.74 Å². The Morgan fingerprint density at radius 3 is 2.79 bits per heavy atom. The largest absolute Gasteiger partial charge is 0.378 e. The maximum absolute atomic E-state index is 5.43. The van der Waals surface area contributed by atoms with E-state index in [2.05, 4.69) is 22.3 Å². The predicted molar refractivity (Wildman–Crippen MR) is 72.7 cm³/mol. The van der Waals surface area contributed by atoms with Crippen molar-refractivity contribution in [2.75, 3.05) is 31.2 Å². The van der Waals surface area contributed by atoms with Crippen LogP contribution >= 0.6 is 0 Å². The Morgan fingerprint density at radius 2 is 2.05 bits per heavy atom. The third-order valence-electron chi connectivity index (χ3n) is 3.89. The fraction of sp³-hybridized carbons (Fsp3) is 0.571. The van der Waals surface area contributed by atoms with Gasteiger partial charge in [-0.15, -0.1) is 0 Å². The third-order valence-corrected chi connectivity index (χ3v) is 3.89. The van der Waals surface area contributed by atoms with Crippen LogP contribution < -0.4 is 4.90 Å². The second kappa shape index (κ2) is 4.20. The zero-order valence-corrected chi connectivity index (χ0v) is 11.2. The minimum Gasteiger partial charge on any atom is -0.378 e. The number of rotatable bonds is 2. The molecule has 2 fully saturated rings. The van der Waals surface area contributed by atoms with E-state index in [-0.39, 0.29) is 0 Å². The molecule has 4 rings (SSSR count). The summed E-state index contributed by atoms with van der Waals surface area (Å²) in [6.45, 7) is 5.50. The summed E-state index contributed by atoms with van der Waals surface area (Å²) in [5.74, 6) is 0.666. The topological polar surface area (TPSA) is 42.7 Å². The third kappa shape index (κ3) is 1.98. The number of morpholine rings is 1. The predicted octanol–water partition coefficient (Wildman–Crippen LogP) is 1.75. The number of anilines is 1. The van der Waals surface area contributed by atoms with Gasteiger partial charge in [0.05, 0.1) is 36.5 Å². The van der Waals surface area contributed by atoms with Gasteiger partial charge in [0.15, 0.2) is 5.65 Å². The highest BCUT2D eigenvalue weighted by Gasteiger charge is 2.27. The number of ether oxygens (including phenoxy) is 1. The molecular formula is C14H18N4O. The van der Waals surface area contributed by atoms with E-state index in [1.54, 1.807) is 0 Å². The molecule has 0 N–H and O–H groups in total. The standard InChI is InChI=1S/C14H18N4O/c1-10-8-13(17-4-6-19-7-5-17)14-15-12(11-2-3-11)9-18(14)16-10/h8-9,11H,2-7H2,1H3. The first-order chi connectivity index (χ1) is 9.31. The summed E-state index contributed by atoms with van der Waals surface area (Å²) in [6, 6.07) is 2.14. The Bertz CT molecular complexity index is 611. The molecule has 0 aromatic carbocycles. The first kappa shape index (κ1) is 11.2. The summed E-state index contributed by atoms with van der Waals surface area (Å²) in [5.41, 5.74) is 4.43. The molecule has 2 aliphatic rings. The number of nitrogens with zero attached hydrogens (tertiary/aromatic N) is 4. The molecule has 0 atom stereocenters. The van der Waals surface area contributed by atoms with Gasteiger partial charge in [0, 0.05) is 19.0 Å². The van der Waals surface area contributed by atoms with Gasteiger partial charge in [-0.2, -0.15) is 5.10 Å². The first-order valence-electron chi connectivity index (χ1n) is 7.01. The molecule has 100 valence electrons. The van der Waals surface area contributed by atoms with Crippen LogP contribution in [0.4, 0.5) is 5.69 Å². The van der Waals surface area contributed by atoms with Crippen LogP contribution in [0.25, 0.3) is 5.65 Å². The molecule has 1 saturated heterocycles. The lowest BCUT2D eigenvalue weighted by atomic mass is 10.3. The molecule has 2 aromatic heterocycles. The van der Waals surface area contributed by atoms with Crippen molar-refractivity contribution in [2.45, 2.75) is 25.7 Å². The van der Waals surface area contributed by atoms with Gasteiger partial charge in [-0.25, -0.2) is 9.50 Å². The van der Waals surface area contributed by atoms with E-state index in [0.717, 1.165) is 37.6 Å². The highest BCUT2D eigenvalue weighted by atomic mass is 16.5. The molecular weight excluding hydrogens is 240 g/mol. The summed E-state index contributed by atoms with van der Waals surface area (Å²) < 4.78 is 7.38. The Morgan fingerprint density at radius 1 is 1.26 bits per heavy atom. The quantitative estimate of drug-likeness (QED) is 0.823. The lowest BCUT2D eigenvalue weighted by molar-refractivity contribution is 0.123. The van der Waals surface area contributed by atoms with E-state index in [4.69, 9.17) is 9.72 Å². The normalized spacial score (nSPS) is 20.2. The van der Waals surface area contributed by atoms with E-state index in [1.165, 1.54) is 24.2 Å². The van der Waals surface area contributed by atoms with Gasteiger partial charge in [-0.3, -0.25) is 0 Å². The molecule has 5 nitrogen and oxygen atoms in total. The summed E-state index contributed by atoms with van der Waals surface area (Å²) in [7, 11) is 0. The van der Waals surface area contributed by atoms with Crippen molar-refractivity contribution in [3.05, 3.63) is 23.7 Å². The SMILES string of the molecule is Cc1cc(N2CCOCC2)c2nc(C3CC3)cn2n1. The molecule has 0 unspecified atom stereocenters. The molecule has 1 saturated carbocycles. The number of hydrogen-bond donors (Lipinski definition) is 0. The lowest BCUT2D eigenvalue weighted by Gasteiger charge is -2.29. The van der Waals surface area contributed by atoms with Gasteiger partial charge in [-0.1, -0.05) is 0 Å². The molecule has 2 aromatic rings. The zero-order chi connectivity index (χ0) is 12.8. The molecule has 0 radical (unpaired) electrons. The molecule has 0 spiro atoms.